The molecule has 5 rings (SSSR count). The Morgan fingerprint density at radius 3 is 2.70 bits per heavy atom. The number of methoxy groups -OCH3 is 1. The summed E-state index contributed by atoms with van der Waals surface area (Å²) < 4.78 is 17.4. The standard InChI is InChI=1S/C26H26N2O5/c1-16-12-18(13-16)28-24(29)23-22(19-9-5-7-11-21(19)33-23)32-15-26(28,2)25(30)27-14-17-8-4-6-10-20(17)31-3/h4-11,18H,1,12-15H2,2-3H3,(H,27,30). The van der Waals surface area contributed by atoms with E-state index >= 15 is 0 Å². The number of rotatable bonds is 5. The normalized spacial score (nSPS) is 20.6. The number of hydrogen-bond donors (Lipinski definition) is 1. The number of benzene rings is 2. The summed E-state index contributed by atoms with van der Waals surface area (Å²) in [6, 6.07) is 14.7. The molecule has 0 spiro atoms. The first kappa shape index (κ1) is 21.1. The largest absolute Gasteiger partial charge is 0.496 e. The third-order valence-electron chi connectivity index (χ3n) is 6.53. The highest BCUT2D eigenvalue weighted by molar-refractivity contribution is 6.05. The first-order valence-corrected chi connectivity index (χ1v) is 11.0. The van der Waals surface area contributed by atoms with Gasteiger partial charge in [-0.2, -0.15) is 0 Å². The average Bonchev–Trinajstić information content (AvgIpc) is 3.14. The highest BCUT2D eigenvalue weighted by Crippen LogP contribution is 2.42. The molecule has 2 aliphatic rings. The van der Waals surface area contributed by atoms with E-state index in [1.807, 2.05) is 42.5 Å². The first-order valence-electron chi connectivity index (χ1n) is 11.0. The lowest BCUT2D eigenvalue weighted by molar-refractivity contribution is -0.135. The van der Waals surface area contributed by atoms with Crippen molar-refractivity contribution in [3.63, 3.8) is 0 Å². The van der Waals surface area contributed by atoms with Gasteiger partial charge in [-0.3, -0.25) is 9.59 Å². The molecule has 1 saturated carbocycles. The Morgan fingerprint density at radius 2 is 1.94 bits per heavy atom. The molecule has 1 aromatic heterocycles. The SMILES string of the molecule is C=C1CC(N2C(=O)c3oc4ccccc4c3OCC2(C)C(=O)NCc2ccccc2OC)C1. The van der Waals surface area contributed by atoms with E-state index in [-0.39, 0.29) is 36.8 Å². The zero-order chi connectivity index (χ0) is 23.2. The van der Waals surface area contributed by atoms with Crippen LogP contribution in [0.25, 0.3) is 11.0 Å². The van der Waals surface area contributed by atoms with E-state index in [2.05, 4.69) is 11.9 Å². The summed E-state index contributed by atoms with van der Waals surface area (Å²) in [6.07, 6.45) is 1.30. The number of nitrogens with zero attached hydrogens (tertiary/aromatic N) is 1. The van der Waals surface area contributed by atoms with Gasteiger partial charge in [0.15, 0.2) is 11.3 Å². The molecule has 2 heterocycles. The van der Waals surface area contributed by atoms with Gasteiger partial charge in [0.25, 0.3) is 5.91 Å². The van der Waals surface area contributed by atoms with Crippen molar-refractivity contribution in [3.8, 4) is 11.5 Å². The van der Waals surface area contributed by atoms with Crippen molar-refractivity contribution in [1.82, 2.24) is 10.2 Å². The summed E-state index contributed by atoms with van der Waals surface area (Å²) in [5.41, 5.74) is 1.25. The molecule has 1 N–H and O–H groups in total. The molecule has 7 nitrogen and oxygen atoms in total. The Morgan fingerprint density at radius 1 is 1.21 bits per heavy atom. The van der Waals surface area contributed by atoms with E-state index in [1.165, 1.54) is 0 Å². The van der Waals surface area contributed by atoms with Crippen LogP contribution in [0, 0.1) is 0 Å². The number of furan rings is 1. The molecular weight excluding hydrogens is 420 g/mol. The van der Waals surface area contributed by atoms with E-state index in [1.54, 1.807) is 25.0 Å². The quantitative estimate of drug-likeness (QED) is 0.598. The Kier molecular flexibility index (Phi) is 5.12. The van der Waals surface area contributed by atoms with Crippen LogP contribution in [0.4, 0.5) is 0 Å². The second kappa shape index (κ2) is 7.99. The fraction of sp³-hybridized carbons (Fsp3) is 0.308. The molecule has 3 aromatic rings. The zero-order valence-electron chi connectivity index (χ0n) is 18.7. The number of carbonyl (C=O) groups excluding carboxylic acids is 2. The van der Waals surface area contributed by atoms with Crippen LogP contribution >= 0.6 is 0 Å². The Bertz CT molecular complexity index is 1250. The maximum atomic E-state index is 13.8. The Balaban J connectivity index is 1.48. The smallest absolute Gasteiger partial charge is 0.294 e. The van der Waals surface area contributed by atoms with E-state index in [0.717, 1.165) is 16.5 Å². The monoisotopic (exact) mass is 446 g/mol. The number of fused-ring (bicyclic) bond motifs is 3. The summed E-state index contributed by atoms with van der Waals surface area (Å²) in [5, 5.41) is 3.71. The maximum Gasteiger partial charge on any atom is 0.294 e. The molecule has 170 valence electrons. The van der Waals surface area contributed by atoms with E-state index < -0.39 is 5.54 Å². The molecule has 2 amide bonds. The molecule has 2 aromatic carbocycles. The van der Waals surface area contributed by atoms with Crippen molar-refractivity contribution in [2.75, 3.05) is 13.7 Å². The Labute approximate surface area is 192 Å². The molecule has 1 aliphatic heterocycles. The van der Waals surface area contributed by atoms with Gasteiger partial charge in [0, 0.05) is 18.2 Å². The fourth-order valence-electron chi connectivity index (χ4n) is 4.67. The third kappa shape index (κ3) is 3.44. The molecule has 0 radical (unpaired) electrons. The number of ether oxygens (including phenoxy) is 2. The summed E-state index contributed by atoms with van der Waals surface area (Å²) in [6.45, 7) is 6.04. The first-order chi connectivity index (χ1) is 15.9. The van der Waals surface area contributed by atoms with Crippen LogP contribution in [-0.2, 0) is 11.3 Å². The molecule has 1 aliphatic carbocycles. The van der Waals surface area contributed by atoms with Crippen LogP contribution in [0.2, 0.25) is 0 Å². The lowest BCUT2D eigenvalue weighted by atomic mass is 9.82. The van der Waals surface area contributed by atoms with Crippen molar-refractivity contribution >= 4 is 22.8 Å². The van der Waals surface area contributed by atoms with E-state index in [4.69, 9.17) is 13.9 Å². The molecule has 0 saturated heterocycles. The van der Waals surface area contributed by atoms with Crippen LogP contribution in [0.1, 0.15) is 35.9 Å². The minimum absolute atomic E-state index is 0.00992. The fourth-order valence-corrected chi connectivity index (χ4v) is 4.67. The van der Waals surface area contributed by atoms with Gasteiger partial charge in [0.2, 0.25) is 11.7 Å². The van der Waals surface area contributed by atoms with Crippen LogP contribution in [0.3, 0.4) is 0 Å². The predicted molar refractivity (Wildman–Crippen MR) is 123 cm³/mol. The van der Waals surface area contributed by atoms with Crippen molar-refractivity contribution < 1.29 is 23.5 Å². The summed E-state index contributed by atoms with van der Waals surface area (Å²) in [4.78, 5) is 29.0. The summed E-state index contributed by atoms with van der Waals surface area (Å²) in [5.74, 6) is 0.573. The van der Waals surface area contributed by atoms with Gasteiger partial charge in [-0.1, -0.05) is 42.5 Å². The van der Waals surface area contributed by atoms with E-state index in [0.29, 0.717) is 29.9 Å². The molecule has 33 heavy (non-hydrogen) atoms. The molecule has 1 fully saturated rings. The van der Waals surface area contributed by atoms with Crippen molar-refractivity contribution in [1.29, 1.82) is 0 Å². The summed E-state index contributed by atoms with van der Waals surface area (Å²) >= 11 is 0. The van der Waals surface area contributed by atoms with Gasteiger partial charge < -0.3 is 24.1 Å². The van der Waals surface area contributed by atoms with Gasteiger partial charge >= 0.3 is 0 Å². The van der Waals surface area contributed by atoms with Crippen LogP contribution in [-0.4, -0.2) is 42.0 Å². The van der Waals surface area contributed by atoms with Gasteiger partial charge in [-0.15, -0.1) is 0 Å². The minimum Gasteiger partial charge on any atom is -0.496 e. The molecule has 1 atom stereocenters. The lowest BCUT2D eigenvalue weighted by Crippen LogP contribution is -2.65. The van der Waals surface area contributed by atoms with Gasteiger partial charge in [0.05, 0.1) is 12.5 Å². The average molecular weight is 447 g/mol. The number of carbonyl (C=O) groups is 2. The Hall–Kier alpha value is -3.74. The van der Waals surface area contributed by atoms with Crippen LogP contribution in [0.5, 0.6) is 11.5 Å². The van der Waals surface area contributed by atoms with Crippen LogP contribution in [0.15, 0.2) is 65.1 Å². The second-order valence-electron chi connectivity index (χ2n) is 8.80. The second-order valence-corrected chi connectivity index (χ2v) is 8.80. The molecular formula is C26H26N2O5. The van der Waals surface area contributed by atoms with Gasteiger partial charge in [-0.25, -0.2) is 0 Å². The molecule has 1 unspecified atom stereocenters. The van der Waals surface area contributed by atoms with Crippen molar-refractivity contribution in [2.45, 2.75) is 37.9 Å². The molecule has 0 bridgehead atoms. The van der Waals surface area contributed by atoms with Gasteiger partial charge in [-0.05, 0) is 38.0 Å². The minimum atomic E-state index is -1.23. The van der Waals surface area contributed by atoms with Crippen LogP contribution < -0.4 is 14.8 Å². The van der Waals surface area contributed by atoms with Gasteiger partial charge in [0.1, 0.15) is 17.9 Å². The summed E-state index contributed by atoms with van der Waals surface area (Å²) in [7, 11) is 1.59. The number of nitrogens with one attached hydrogen (secondary N) is 1. The molecule has 7 heteroatoms. The highest BCUT2D eigenvalue weighted by atomic mass is 16.5. The van der Waals surface area contributed by atoms with Crippen molar-refractivity contribution in [3.05, 3.63) is 72.0 Å². The number of para-hydroxylation sites is 2. The zero-order valence-corrected chi connectivity index (χ0v) is 18.7. The lowest BCUT2D eigenvalue weighted by Gasteiger charge is -2.46. The van der Waals surface area contributed by atoms with Crippen molar-refractivity contribution in [2.24, 2.45) is 0 Å². The number of amides is 2. The predicted octanol–water partition coefficient (Wildman–Crippen LogP) is 4.07. The maximum absolute atomic E-state index is 13.8. The topological polar surface area (TPSA) is 81.0 Å². The third-order valence-corrected chi connectivity index (χ3v) is 6.53. The highest BCUT2D eigenvalue weighted by Gasteiger charge is 2.52. The number of hydrogen-bond acceptors (Lipinski definition) is 5. The van der Waals surface area contributed by atoms with E-state index in [9.17, 15) is 9.59 Å².